The van der Waals surface area contributed by atoms with E-state index in [1.54, 1.807) is 12.1 Å². The van der Waals surface area contributed by atoms with Gasteiger partial charge in [-0.1, -0.05) is 6.07 Å². The summed E-state index contributed by atoms with van der Waals surface area (Å²) in [6, 6.07) is 10.1. The first-order chi connectivity index (χ1) is 7.74. The van der Waals surface area contributed by atoms with E-state index in [2.05, 4.69) is 9.97 Å². The smallest absolute Gasteiger partial charge is 0.248 e. The van der Waals surface area contributed by atoms with E-state index < -0.39 is 0 Å². The molecule has 0 unspecified atom stereocenters. The van der Waals surface area contributed by atoms with Crippen molar-refractivity contribution in [3.8, 4) is 0 Å². The third-order valence-corrected chi connectivity index (χ3v) is 2.60. The molecule has 0 bridgehead atoms. The van der Waals surface area contributed by atoms with E-state index in [9.17, 15) is 9.59 Å². The lowest BCUT2D eigenvalue weighted by molar-refractivity contribution is 1.29. The molecule has 0 aliphatic rings. The Hall–Kier alpha value is -2.36. The van der Waals surface area contributed by atoms with Crippen LogP contribution in [0.1, 0.15) is 0 Å². The Morgan fingerprint density at radius 1 is 0.750 bits per heavy atom. The van der Waals surface area contributed by atoms with Crippen molar-refractivity contribution in [1.29, 1.82) is 0 Å². The number of fused-ring (bicyclic) bond motifs is 3. The summed E-state index contributed by atoms with van der Waals surface area (Å²) >= 11 is 0. The third kappa shape index (κ3) is 1.24. The Bertz CT molecular complexity index is 799. The summed E-state index contributed by atoms with van der Waals surface area (Å²) in [6.07, 6.45) is 0. The average molecular weight is 212 g/mol. The maximum Gasteiger partial charge on any atom is 0.248 e. The highest BCUT2D eigenvalue weighted by atomic mass is 16.1. The summed E-state index contributed by atoms with van der Waals surface area (Å²) in [4.78, 5) is 27.9. The lowest BCUT2D eigenvalue weighted by Crippen LogP contribution is -2.05. The van der Waals surface area contributed by atoms with Gasteiger partial charge in [-0.2, -0.15) is 0 Å². The van der Waals surface area contributed by atoms with Crippen LogP contribution in [0.5, 0.6) is 0 Å². The molecule has 2 heterocycles. The van der Waals surface area contributed by atoms with Crippen LogP contribution in [0.3, 0.4) is 0 Å². The zero-order valence-electron chi connectivity index (χ0n) is 8.28. The van der Waals surface area contributed by atoms with Crippen LogP contribution in [0.15, 0.2) is 46.0 Å². The summed E-state index contributed by atoms with van der Waals surface area (Å²) in [6.45, 7) is 0. The van der Waals surface area contributed by atoms with Crippen LogP contribution in [-0.4, -0.2) is 9.97 Å². The number of aromatic amines is 2. The molecule has 78 valence electrons. The molecule has 2 aromatic heterocycles. The molecular formula is C12H8N2O2. The Kier molecular flexibility index (Phi) is 1.71. The summed E-state index contributed by atoms with van der Waals surface area (Å²) in [5.41, 5.74) is 1.18. The van der Waals surface area contributed by atoms with E-state index in [-0.39, 0.29) is 11.1 Å². The quantitative estimate of drug-likeness (QED) is 0.553. The highest BCUT2D eigenvalue weighted by Crippen LogP contribution is 2.19. The van der Waals surface area contributed by atoms with Gasteiger partial charge < -0.3 is 9.97 Å². The van der Waals surface area contributed by atoms with E-state index in [4.69, 9.17) is 0 Å². The Morgan fingerprint density at radius 3 is 2.31 bits per heavy atom. The van der Waals surface area contributed by atoms with Crippen LogP contribution in [-0.2, 0) is 0 Å². The van der Waals surface area contributed by atoms with Crippen molar-refractivity contribution in [3.05, 3.63) is 57.1 Å². The van der Waals surface area contributed by atoms with E-state index in [1.807, 2.05) is 12.1 Å². The number of pyridine rings is 2. The maximum absolute atomic E-state index is 11.3. The van der Waals surface area contributed by atoms with Crippen LogP contribution < -0.4 is 11.1 Å². The van der Waals surface area contributed by atoms with Crippen molar-refractivity contribution < 1.29 is 0 Å². The molecule has 16 heavy (non-hydrogen) atoms. The van der Waals surface area contributed by atoms with Gasteiger partial charge in [0.1, 0.15) is 0 Å². The molecule has 2 N–H and O–H groups in total. The lowest BCUT2D eigenvalue weighted by atomic mass is 10.1. The molecule has 0 atom stereocenters. The molecule has 0 amide bonds. The maximum atomic E-state index is 11.3. The standard InChI is InChI=1S/C12H8N2O2/c15-10-6-3-8-9(13-10)4-1-7-2-5-11(16)14-12(7)8/h1-6H,(H,13,15)(H,14,16). The minimum Gasteiger partial charge on any atom is -0.322 e. The summed E-state index contributed by atoms with van der Waals surface area (Å²) < 4.78 is 0. The molecule has 0 spiro atoms. The van der Waals surface area contributed by atoms with Crippen molar-refractivity contribution >= 4 is 21.8 Å². The average Bonchev–Trinajstić information content (AvgIpc) is 2.28. The molecule has 0 aliphatic heterocycles. The van der Waals surface area contributed by atoms with E-state index in [0.29, 0.717) is 0 Å². The minimum atomic E-state index is -0.148. The number of rotatable bonds is 0. The molecule has 3 rings (SSSR count). The molecular weight excluding hydrogens is 204 g/mol. The Labute approximate surface area is 89.6 Å². The van der Waals surface area contributed by atoms with Gasteiger partial charge in [0, 0.05) is 17.5 Å². The van der Waals surface area contributed by atoms with Crippen LogP contribution in [0.25, 0.3) is 21.8 Å². The van der Waals surface area contributed by atoms with Crippen molar-refractivity contribution in [2.75, 3.05) is 0 Å². The first-order valence-electron chi connectivity index (χ1n) is 4.89. The second-order valence-corrected chi connectivity index (χ2v) is 3.64. The highest BCUT2D eigenvalue weighted by molar-refractivity contribution is 6.03. The molecule has 0 saturated heterocycles. The van der Waals surface area contributed by atoms with Gasteiger partial charge in [-0.25, -0.2) is 0 Å². The van der Waals surface area contributed by atoms with E-state index in [0.717, 1.165) is 21.8 Å². The molecule has 0 saturated carbocycles. The van der Waals surface area contributed by atoms with Crippen LogP contribution in [0.2, 0.25) is 0 Å². The van der Waals surface area contributed by atoms with Gasteiger partial charge >= 0.3 is 0 Å². The zero-order chi connectivity index (χ0) is 11.1. The van der Waals surface area contributed by atoms with Crippen LogP contribution in [0, 0.1) is 0 Å². The van der Waals surface area contributed by atoms with Gasteiger partial charge in [-0.15, -0.1) is 0 Å². The number of H-pyrrole nitrogens is 2. The largest absolute Gasteiger partial charge is 0.322 e. The predicted octanol–water partition coefficient (Wildman–Crippen LogP) is 1.37. The van der Waals surface area contributed by atoms with Crippen molar-refractivity contribution in [2.24, 2.45) is 0 Å². The van der Waals surface area contributed by atoms with Gasteiger partial charge in [-0.3, -0.25) is 9.59 Å². The van der Waals surface area contributed by atoms with E-state index >= 15 is 0 Å². The zero-order valence-corrected chi connectivity index (χ0v) is 8.28. The molecule has 4 nitrogen and oxygen atoms in total. The fraction of sp³-hybridized carbons (Fsp3) is 0. The van der Waals surface area contributed by atoms with Gasteiger partial charge in [0.05, 0.1) is 11.0 Å². The fourth-order valence-corrected chi connectivity index (χ4v) is 1.86. The van der Waals surface area contributed by atoms with Crippen molar-refractivity contribution in [1.82, 2.24) is 9.97 Å². The molecule has 4 heteroatoms. The highest BCUT2D eigenvalue weighted by Gasteiger charge is 2.01. The molecule has 0 fully saturated rings. The monoisotopic (exact) mass is 212 g/mol. The van der Waals surface area contributed by atoms with Gasteiger partial charge in [0.15, 0.2) is 0 Å². The second kappa shape index (κ2) is 3.06. The van der Waals surface area contributed by atoms with Crippen molar-refractivity contribution in [3.63, 3.8) is 0 Å². The Morgan fingerprint density at radius 2 is 1.44 bits per heavy atom. The number of nitrogens with one attached hydrogen (secondary N) is 2. The number of hydrogen-bond acceptors (Lipinski definition) is 2. The summed E-state index contributed by atoms with van der Waals surface area (Å²) in [5, 5.41) is 1.79. The number of hydrogen-bond donors (Lipinski definition) is 2. The van der Waals surface area contributed by atoms with Crippen LogP contribution in [0.4, 0.5) is 0 Å². The molecule has 1 aromatic carbocycles. The predicted molar refractivity (Wildman–Crippen MR) is 62.7 cm³/mol. The van der Waals surface area contributed by atoms with Crippen molar-refractivity contribution in [2.45, 2.75) is 0 Å². The SMILES string of the molecule is O=c1ccc2c(ccc3ccc(=O)[nH]c32)[nH]1. The lowest BCUT2D eigenvalue weighted by Gasteiger charge is -2.02. The molecule has 0 aliphatic carbocycles. The van der Waals surface area contributed by atoms with Gasteiger partial charge in [0.2, 0.25) is 11.1 Å². The Balaban J connectivity index is 2.62. The minimum absolute atomic E-state index is 0.147. The van der Waals surface area contributed by atoms with E-state index in [1.165, 1.54) is 12.1 Å². The summed E-state index contributed by atoms with van der Waals surface area (Å²) in [7, 11) is 0. The third-order valence-electron chi connectivity index (χ3n) is 2.60. The van der Waals surface area contributed by atoms with Gasteiger partial charge in [-0.05, 0) is 23.6 Å². The summed E-state index contributed by atoms with van der Waals surface area (Å²) in [5.74, 6) is 0. The number of aromatic nitrogens is 2. The van der Waals surface area contributed by atoms with Crippen LogP contribution >= 0.6 is 0 Å². The van der Waals surface area contributed by atoms with Gasteiger partial charge in [0.25, 0.3) is 0 Å². The molecule has 3 aromatic rings. The molecule has 0 radical (unpaired) electrons. The second-order valence-electron chi connectivity index (χ2n) is 3.64. The number of benzene rings is 1. The topological polar surface area (TPSA) is 65.7 Å². The normalized spacial score (nSPS) is 11.0. The fourth-order valence-electron chi connectivity index (χ4n) is 1.86. The first-order valence-corrected chi connectivity index (χ1v) is 4.89. The first kappa shape index (κ1) is 8.91.